The van der Waals surface area contributed by atoms with Crippen LogP contribution in [0.5, 0.6) is 0 Å². The minimum Gasteiger partial charge on any atom is -0.398 e. The quantitative estimate of drug-likeness (QED) is 0.329. The second-order valence-corrected chi connectivity index (χ2v) is 8.06. The van der Waals surface area contributed by atoms with Gasteiger partial charge in [0.2, 0.25) is 11.6 Å². The zero-order valence-electron chi connectivity index (χ0n) is 18.6. The van der Waals surface area contributed by atoms with Crippen molar-refractivity contribution in [2.24, 2.45) is 0 Å². The molecule has 0 spiro atoms. The van der Waals surface area contributed by atoms with Crippen LogP contribution in [0.1, 0.15) is 33.6 Å². The molecule has 0 amide bonds. The highest BCUT2D eigenvalue weighted by atomic mass is 16.2. The smallest absolute Gasteiger partial charge is 0.235 e. The summed E-state index contributed by atoms with van der Waals surface area (Å²) >= 11 is 0. The van der Waals surface area contributed by atoms with Crippen molar-refractivity contribution >= 4 is 22.9 Å². The summed E-state index contributed by atoms with van der Waals surface area (Å²) in [6, 6.07) is 14.1. The number of nitrogens with zero attached hydrogens (tertiary/aromatic N) is 3. The number of benzene rings is 2. The van der Waals surface area contributed by atoms with Crippen molar-refractivity contribution < 1.29 is 9.59 Å². The molecular weight excluding hydrogens is 376 g/mol. The van der Waals surface area contributed by atoms with Gasteiger partial charge in [0, 0.05) is 35.6 Å². The molecule has 0 bridgehead atoms. The number of carbonyl (C=O) groups excluding carboxylic acids is 2. The lowest BCUT2D eigenvalue weighted by Gasteiger charge is -2.28. The highest BCUT2D eigenvalue weighted by molar-refractivity contribution is 6.51. The van der Waals surface area contributed by atoms with Crippen molar-refractivity contribution in [2.75, 3.05) is 65.0 Å². The Hall–Kier alpha value is -2.70. The molecular formula is C24H34N4O2. The van der Waals surface area contributed by atoms with Gasteiger partial charge < -0.3 is 20.4 Å². The first-order chi connectivity index (χ1) is 14.3. The Balaban J connectivity index is 2.29. The Morgan fingerprint density at radius 2 is 1.17 bits per heavy atom. The van der Waals surface area contributed by atoms with Crippen molar-refractivity contribution in [3.8, 4) is 0 Å². The topological polar surface area (TPSA) is 69.9 Å². The van der Waals surface area contributed by atoms with Crippen LogP contribution in [-0.2, 0) is 0 Å². The fourth-order valence-electron chi connectivity index (χ4n) is 3.40. The lowest BCUT2D eigenvalue weighted by Crippen LogP contribution is -2.32. The van der Waals surface area contributed by atoms with E-state index in [1.54, 1.807) is 36.4 Å². The molecule has 0 saturated heterocycles. The van der Waals surface area contributed by atoms with Crippen LogP contribution in [0.25, 0.3) is 0 Å². The van der Waals surface area contributed by atoms with Crippen molar-refractivity contribution in [3.05, 3.63) is 59.7 Å². The Morgan fingerprint density at radius 3 is 1.70 bits per heavy atom. The summed E-state index contributed by atoms with van der Waals surface area (Å²) < 4.78 is 0. The maximum Gasteiger partial charge on any atom is 0.235 e. The van der Waals surface area contributed by atoms with E-state index in [9.17, 15) is 9.59 Å². The summed E-state index contributed by atoms with van der Waals surface area (Å²) in [6.45, 7) is 3.55. The number of Topliss-reactive ketones (excluding diaryl/α,β-unsaturated/α-hetero) is 2. The number of para-hydroxylation sites is 2. The van der Waals surface area contributed by atoms with Crippen molar-refractivity contribution in [2.45, 2.75) is 12.8 Å². The first-order valence-corrected chi connectivity index (χ1v) is 10.4. The van der Waals surface area contributed by atoms with Gasteiger partial charge in [0.25, 0.3) is 0 Å². The van der Waals surface area contributed by atoms with E-state index in [1.807, 2.05) is 12.1 Å². The molecule has 2 N–H and O–H groups in total. The Bertz CT molecular complexity index is 835. The lowest BCUT2D eigenvalue weighted by molar-refractivity contribution is 0.0817. The first kappa shape index (κ1) is 23.6. The molecule has 6 heteroatoms. The van der Waals surface area contributed by atoms with Crippen LogP contribution in [0.2, 0.25) is 0 Å². The van der Waals surface area contributed by atoms with E-state index >= 15 is 0 Å². The highest BCUT2D eigenvalue weighted by Crippen LogP contribution is 2.24. The molecule has 2 aromatic rings. The summed E-state index contributed by atoms with van der Waals surface area (Å²) in [4.78, 5) is 32.5. The van der Waals surface area contributed by atoms with Crippen LogP contribution in [0.3, 0.4) is 0 Å². The van der Waals surface area contributed by atoms with Gasteiger partial charge in [-0.2, -0.15) is 0 Å². The molecule has 0 radical (unpaired) electrons. The van der Waals surface area contributed by atoms with E-state index in [0.29, 0.717) is 11.3 Å². The molecule has 6 nitrogen and oxygen atoms in total. The van der Waals surface area contributed by atoms with Gasteiger partial charge in [0.15, 0.2) is 0 Å². The third-order valence-electron chi connectivity index (χ3n) is 4.97. The highest BCUT2D eigenvalue weighted by Gasteiger charge is 2.24. The molecule has 30 heavy (non-hydrogen) atoms. The normalized spacial score (nSPS) is 11.1. The molecule has 0 unspecified atom stereocenters. The molecule has 0 fully saturated rings. The number of hydrogen-bond acceptors (Lipinski definition) is 6. The number of ketones is 2. The first-order valence-electron chi connectivity index (χ1n) is 10.4. The number of anilines is 2. The van der Waals surface area contributed by atoms with E-state index in [-0.39, 0.29) is 5.56 Å². The van der Waals surface area contributed by atoms with E-state index in [2.05, 4.69) is 42.9 Å². The molecule has 162 valence electrons. The predicted molar refractivity (Wildman–Crippen MR) is 125 cm³/mol. The average Bonchev–Trinajstić information content (AvgIpc) is 2.71. The van der Waals surface area contributed by atoms with E-state index in [0.717, 1.165) is 44.7 Å². The molecule has 2 aromatic carbocycles. The molecule has 2 rings (SSSR count). The monoisotopic (exact) mass is 410 g/mol. The summed E-state index contributed by atoms with van der Waals surface area (Å²) in [5.74, 6) is -1.09. The largest absolute Gasteiger partial charge is 0.398 e. The summed E-state index contributed by atoms with van der Waals surface area (Å²) in [5.41, 5.74) is 7.74. The third kappa shape index (κ3) is 6.68. The Kier molecular flexibility index (Phi) is 9.02. The number of carbonyl (C=O) groups is 2. The number of hydrogen-bond donors (Lipinski definition) is 1. The van der Waals surface area contributed by atoms with Gasteiger partial charge in [-0.15, -0.1) is 0 Å². The van der Waals surface area contributed by atoms with Crippen molar-refractivity contribution in [1.82, 2.24) is 9.80 Å². The molecule has 0 saturated carbocycles. The van der Waals surface area contributed by atoms with Crippen LogP contribution in [0.15, 0.2) is 48.5 Å². The van der Waals surface area contributed by atoms with Crippen LogP contribution >= 0.6 is 0 Å². The van der Waals surface area contributed by atoms with Gasteiger partial charge in [0.05, 0.1) is 0 Å². The zero-order valence-corrected chi connectivity index (χ0v) is 18.6. The van der Waals surface area contributed by atoms with E-state index < -0.39 is 11.6 Å². The Labute approximate surface area is 180 Å². The number of rotatable bonds is 12. The SMILES string of the molecule is CN(C)CCCN(CCCN(C)C)c1ccccc1C(=O)C(=O)c1ccccc1N. The summed E-state index contributed by atoms with van der Waals surface area (Å²) in [6.07, 6.45) is 1.94. The molecule has 0 aliphatic carbocycles. The van der Waals surface area contributed by atoms with Gasteiger partial charge >= 0.3 is 0 Å². The standard InChI is InChI=1S/C24H34N4O2/c1-26(2)15-9-17-28(18-10-16-27(3)4)22-14-8-6-12-20(22)24(30)23(29)19-11-5-7-13-21(19)25/h5-8,11-14H,9-10,15-18,25H2,1-4H3. The van der Waals surface area contributed by atoms with Gasteiger partial charge in [-0.3, -0.25) is 9.59 Å². The molecule has 0 aliphatic rings. The fraction of sp³-hybridized carbons (Fsp3) is 0.417. The van der Waals surface area contributed by atoms with Crippen LogP contribution in [0, 0.1) is 0 Å². The van der Waals surface area contributed by atoms with Gasteiger partial charge in [0.1, 0.15) is 0 Å². The molecule has 0 aromatic heterocycles. The second-order valence-electron chi connectivity index (χ2n) is 8.06. The molecule has 0 aliphatic heterocycles. The van der Waals surface area contributed by atoms with Crippen molar-refractivity contribution in [3.63, 3.8) is 0 Å². The average molecular weight is 411 g/mol. The minimum atomic E-state index is -0.568. The summed E-state index contributed by atoms with van der Waals surface area (Å²) in [5, 5.41) is 0. The van der Waals surface area contributed by atoms with Gasteiger partial charge in [-0.25, -0.2) is 0 Å². The maximum atomic E-state index is 13.1. The van der Waals surface area contributed by atoms with Gasteiger partial charge in [-0.05, 0) is 78.4 Å². The molecule has 0 heterocycles. The van der Waals surface area contributed by atoms with Crippen LogP contribution in [-0.4, -0.2) is 75.7 Å². The number of nitrogens with two attached hydrogens (primary N) is 1. The maximum absolute atomic E-state index is 13.1. The second kappa shape index (κ2) is 11.5. The molecule has 0 atom stereocenters. The third-order valence-corrected chi connectivity index (χ3v) is 4.97. The number of nitrogen functional groups attached to an aromatic ring is 1. The predicted octanol–water partition coefficient (Wildman–Crippen LogP) is 3.04. The summed E-state index contributed by atoms with van der Waals surface area (Å²) in [7, 11) is 8.21. The Morgan fingerprint density at radius 1 is 0.700 bits per heavy atom. The van der Waals surface area contributed by atoms with Crippen LogP contribution in [0.4, 0.5) is 11.4 Å². The lowest BCUT2D eigenvalue weighted by atomic mass is 9.98. The van der Waals surface area contributed by atoms with E-state index in [1.165, 1.54) is 0 Å². The van der Waals surface area contributed by atoms with Gasteiger partial charge in [-0.1, -0.05) is 24.3 Å². The minimum absolute atomic E-state index is 0.254. The fourth-order valence-corrected chi connectivity index (χ4v) is 3.40. The van der Waals surface area contributed by atoms with Crippen molar-refractivity contribution in [1.29, 1.82) is 0 Å². The zero-order chi connectivity index (χ0) is 22.1. The van der Waals surface area contributed by atoms with E-state index in [4.69, 9.17) is 5.73 Å². The van der Waals surface area contributed by atoms with Crippen LogP contribution < -0.4 is 10.6 Å².